The van der Waals surface area contributed by atoms with Gasteiger partial charge in [-0.15, -0.1) is 0 Å². The molecular weight excluding hydrogens is 272 g/mol. The van der Waals surface area contributed by atoms with E-state index in [9.17, 15) is 0 Å². The van der Waals surface area contributed by atoms with Crippen molar-refractivity contribution in [2.75, 3.05) is 7.11 Å². The third-order valence-electron chi connectivity index (χ3n) is 2.73. The standard InChI is InChI=1S/C11H19BrN2O2/c1-11(2,15-3)7-6-8(14-13)9-4-5-10(12)16-9/h4-5,8,14H,6-7,13H2,1-3H3. The Hall–Kier alpha value is -0.360. The molecule has 0 radical (unpaired) electrons. The number of methoxy groups -OCH3 is 1. The molecule has 92 valence electrons. The molecule has 1 aromatic rings. The fourth-order valence-corrected chi connectivity index (χ4v) is 1.74. The fourth-order valence-electron chi connectivity index (χ4n) is 1.42. The Morgan fingerprint density at radius 2 is 2.25 bits per heavy atom. The van der Waals surface area contributed by atoms with Crippen LogP contribution in [0.5, 0.6) is 0 Å². The molecule has 0 aliphatic rings. The van der Waals surface area contributed by atoms with Crippen LogP contribution >= 0.6 is 15.9 Å². The molecule has 16 heavy (non-hydrogen) atoms. The Labute approximate surface area is 105 Å². The van der Waals surface area contributed by atoms with Crippen LogP contribution in [0.4, 0.5) is 0 Å². The third-order valence-corrected chi connectivity index (χ3v) is 3.15. The van der Waals surface area contributed by atoms with Gasteiger partial charge in [-0.3, -0.25) is 5.84 Å². The van der Waals surface area contributed by atoms with Crippen LogP contribution in [0.3, 0.4) is 0 Å². The Morgan fingerprint density at radius 1 is 1.56 bits per heavy atom. The van der Waals surface area contributed by atoms with Crippen molar-refractivity contribution in [3.05, 3.63) is 22.6 Å². The van der Waals surface area contributed by atoms with Gasteiger partial charge in [0.2, 0.25) is 0 Å². The smallest absolute Gasteiger partial charge is 0.169 e. The summed E-state index contributed by atoms with van der Waals surface area (Å²) < 4.78 is 11.6. The highest BCUT2D eigenvalue weighted by atomic mass is 79.9. The van der Waals surface area contributed by atoms with Gasteiger partial charge < -0.3 is 9.15 Å². The van der Waals surface area contributed by atoms with Gasteiger partial charge in [-0.1, -0.05) is 0 Å². The molecule has 1 aromatic heterocycles. The third kappa shape index (κ3) is 3.90. The van der Waals surface area contributed by atoms with E-state index in [4.69, 9.17) is 15.0 Å². The van der Waals surface area contributed by atoms with Crippen LogP contribution in [0.2, 0.25) is 0 Å². The maximum absolute atomic E-state index is 5.52. The summed E-state index contributed by atoms with van der Waals surface area (Å²) in [5.74, 6) is 6.35. The zero-order chi connectivity index (χ0) is 12.2. The summed E-state index contributed by atoms with van der Waals surface area (Å²) >= 11 is 3.27. The lowest BCUT2D eigenvalue weighted by molar-refractivity contribution is 0.0112. The summed E-state index contributed by atoms with van der Waals surface area (Å²) in [4.78, 5) is 0. The predicted molar refractivity (Wildman–Crippen MR) is 66.8 cm³/mol. The highest BCUT2D eigenvalue weighted by molar-refractivity contribution is 9.10. The van der Waals surface area contributed by atoms with E-state index in [-0.39, 0.29) is 11.6 Å². The molecule has 0 fully saturated rings. The Kier molecular flexibility index (Phi) is 4.98. The van der Waals surface area contributed by atoms with E-state index in [1.807, 2.05) is 12.1 Å². The van der Waals surface area contributed by atoms with Gasteiger partial charge in [0, 0.05) is 7.11 Å². The van der Waals surface area contributed by atoms with Crippen LogP contribution in [-0.2, 0) is 4.74 Å². The van der Waals surface area contributed by atoms with Crippen LogP contribution in [0.25, 0.3) is 0 Å². The first-order valence-corrected chi connectivity index (χ1v) is 6.04. The van der Waals surface area contributed by atoms with Gasteiger partial charge in [0.25, 0.3) is 0 Å². The van der Waals surface area contributed by atoms with Gasteiger partial charge in [-0.25, -0.2) is 5.43 Å². The largest absolute Gasteiger partial charge is 0.453 e. The molecule has 0 aliphatic carbocycles. The number of halogens is 1. The molecule has 0 aliphatic heterocycles. The van der Waals surface area contributed by atoms with Crippen molar-refractivity contribution in [3.63, 3.8) is 0 Å². The van der Waals surface area contributed by atoms with Crippen molar-refractivity contribution in [1.82, 2.24) is 5.43 Å². The molecule has 0 amide bonds. The van der Waals surface area contributed by atoms with Crippen molar-refractivity contribution in [2.45, 2.75) is 38.3 Å². The fraction of sp³-hybridized carbons (Fsp3) is 0.636. The van der Waals surface area contributed by atoms with Gasteiger partial charge in [0.1, 0.15) is 5.76 Å². The van der Waals surface area contributed by atoms with Crippen molar-refractivity contribution in [2.24, 2.45) is 5.84 Å². The summed E-state index contributed by atoms with van der Waals surface area (Å²) in [6.45, 7) is 4.11. The topological polar surface area (TPSA) is 60.4 Å². The number of rotatable bonds is 6. The number of ether oxygens (including phenoxy) is 1. The average molecular weight is 291 g/mol. The SMILES string of the molecule is COC(C)(C)CCC(NN)c1ccc(Br)o1. The quantitative estimate of drug-likeness (QED) is 0.625. The lowest BCUT2D eigenvalue weighted by atomic mass is 9.98. The zero-order valence-corrected chi connectivity index (χ0v) is 11.5. The second kappa shape index (κ2) is 5.82. The van der Waals surface area contributed by atoms with Crippen LogP contribution < -0.4 is 11.3 Å². The number of nitrogens with one attached hydrogen (secondary N) is 1. The van der Waals surface area contributed by atoms with Crippen LogP contribution in [-0.4, -0.2) is 12.7 Å². The maximum atomic E-state index is 5.52. The molecule has 1 atom stereocenters. The first-order chi connectivity index (χ1) is 7.48. The molecule has 0 aromatic carbocycles. The molecule has 1 heterocycles. The van der Waals surface area contributed by atoms with Crippen molar-refractivity contribution >= 4 is 15.9 Å². The van der Waals surface area contributed by atoms with Crippen LogP contribution in [0, 0.1) is 0 Å². The minimum absolute atomic E-state index is 0.0146. The van der Waals surface area contributed by atoms with Crippen molar-refractivity contribution in [1.29, 1.82) is 0 Å². The minimum atomic E-state index is -0.140. The van der Waals surface area contributed by atoms with E-state index in [0.29, 0.717) is 4.67 Å². The summed E-state index contributed by atoms with van der Waals surface area (Å²) in [5.41, 5.74) is 2.62. The molecule has 1 unspecified atom stereocenters. The van der Waals surface area contributed by atoms with E-state index in [1.54, 1.807) is 7.11 Å². The highest BCUT2D eigenvalue weighted by Crippen LogP contribution is 2.26. The Morgan fingerprint density at radius 3 is 2.69 bits per heavy atom. The van der Waals surface area contributed by atoms with E-state index in [1.165, 1.54) is 0 Å². The van der Waals surface area contributed by atoms with Gasteiger partial charge in [-0.2, -0.15) is 0 Å². The molecule has 5 heteroatoms. The monoisotopic (exact) mass is 290 g/mol. The highest BCUT2D eigenvalue weighted by Gasteiger charge is 2.21. The van der Waals surface area contributed by atoms with Gasteiger partial charge >= 0.3 is 0 Å². The van der Waals surface area contributed by atoms with Gasteiger partial charge in [0.05, 0.1) is 11.6 Å². The van der Waals surface area contributed by atoms with E-state index < -0.39 is 0 Å². The van der Waals surface area contributed by atoms with Crippen molar-refractivity contribution < 1.29 is 9.15 Å². The summed E-state index contributed by atoms with van der Waals surface area (Å²) in [5, 5.41) is 0. The van der Waals surface area contributed by atoms with Crippen molar-refractivity contribution in [3.8, 4) is 0 Å². The Balaban J connectivity index is 2.56. The molecular formula is C11H19BrN2O2. The van der Waals surface area contributed by atoms with E-state index in [2.05, 4.69) is 35.2 Å². The van der Waals surface area contributed by atoms with Gasteiger partial charge in [-0.05, 0) is 54.8 Å². The normalized spacial score (nSPS) is 14.1. The molecule has 0 saturated heterocycles. The van der Waals surface area contributed by atoms with E-state index in [0.717, 1.165) is 18.6 Å². The summed E-state index contributed by atoms with van der Waals surface area (Å²) in [6.07, 6.45) is 1.76. The van der Waals surface area contributed by atoms with Crippen LogP contribution in [0.1, 0.15) is 38.5 Å². The number of furan rings is 1. The number of nitrogens with two attached hydrogens (primary N) is 1. The number of hydrogen-bond donors (Lipinski definition) is 2. The average Bonchev–Trinajstić information content (AvgIpc) is 2.66. The molecule has 0 saturated carbocycles. The second-order valence-corrected chi connectivity index (χ2v) is 5.15. The summed E-state index contributed by atoms with van der Waals surface area (Å²) in [7, 11) is 1.72. The lowest BCUT2D eigenvalue weighted by Gasteiger charge is -2.24. The molecule has 0 bridgehead atoms. The van der Waals surface area contributed by atoms with E-state index >= 15 is 0 Å². The zero-order valence-electron chi connectivity index (χ0n) is 9.92. The maximum Gasteiger partial charge on any atom is 0.169 e. The number of hydrogen-bond acceptors (Lipinski definition) is 4. The second-order valence-electron chi connectivity index (χ2n) is 4.36. The lowest BCUT2D eigenvalue weighted by Crippen LogP contribution is -2.31. The first kappa shape index (κ1) is 13.7. The minimum Gasteiger partial charge on any atom is -0.453 e. The van der Waals surface area contributed by atoms with Gasteiger partial charge in [0.15, 0.2) is 4.67 Å². The Bertz CT molecular complexity index is 326. The number of hydrazine groups is 1. The summed E-state index contributed by atoms with van der Waals surface area (Å²) in [6, 6.07) is 3.79. The van der Waals surface area contributed by atoms with Crippen LogP contribution in [0.15, 0.2) is 21.2 Å². The first-order valence-electron chi connectivity index (χ1n) is 5.25. The molecule has 4 nitrogen and oxygen atoms in total. The molecule has 3 N–H and O–H groups in total. The molecule has 1 rings (SSSR count). The predicted octanol–water partition coefficient (Wildman–Crippen LogP) is 2.75. The molecule has 0 spiro atoms.